The van der Waals surface area contributed by atoms with Crippen molar-refractivity contribution in [3.63, 3.8) is 0 Å². The monoisotopic (exact) mass is 316 g/mol. The summed E-state index contributed by atoms with van der Waals surface area (Å²) in [7, 11) is 0. The molecule has 0 radical (unpaired) electrons. The van der Waals surface area contributed by atoms with Crippen molar-refractivity contribution in [3.05, 3.63) is 72.6 Å². The molecule has 0 spiro atoms. The lowest BCUT2D eigenvalue weighted by atomic mass is 10.2. The van der Waals surface area contributed by atoms with Crippen LogP contribution in [0.4, 0.5) is 17.5 Å². The molecule has 6 heteroatoms. The third kappa shape index (κ3) is 3.03. The Bertz CT molecular complexity index is 934. The standard InChI is InChI=1S/C18H16N6/c1-3-7-13(8-4-1)11-19-16-15-17(21-12-20-16)24-18(23-15)22-14-9-5-2-6-10-14/h1-10,12H,11H2,(H3,19,20,21,22,23,24). The molecule has 4 rings (SSSR count). The van der Waals surface area contributed by atoms with E-state index in [9.17, 15) is 0 Å². The molecule has 0 amide bonds. The molecule has 24 heavy (non-hydrogen) atoms. The molecule has 0 bridgehead atoms. The predicted molar refractivity (Wildman–Crippen MR) is 95.2 cm³/mol. The van der Waals surface area contributed by atoms with E-state index >= 15 is 0 Å². The SMILES string of the molecule is c1ccc(CNc2ncnc3nc(Nc4ccccc4)[nH]c23)cc1. The highest BCUT2D eigenvalue weighted by atomic mass is 15.2. The van der Waals surface area contributed by atoms with E-state index in [0.29, 0.717) is 18.1 Å². The average Bonchev–Trinajstić information content (AvgIpc) is 3.04. The first kappa shape index (κ1) is 14.2. The largest absolute Gasteiger partial charge is 0.364 e. The summed E-state index contributed by atoms with van der Waals surface area (Å²) in [4.78, 5) is 16.3. The van der Waals surface area contributed by atoms with Gasteiger partial charge in [-0.05, 0) is 17.7 Å². The first-order valence-corrected chi connectivity index (χ1v) is 7.69. The van der Waals surface area contributed by atoms with Crippen molar-refractivity contribution in [3.8, 4) is 0 Å². The van der Waals surface area contributed by atoms with Crippen LogP contribution in [0.25, 0.3) is 11.2 Å². The third-order valence-corrected chi connectivity index (χ3v) is 3.63. The van der Waals surface area contributed by atoms with Crippen molar-refractivity contribution < 1.29 is 0 Å². The highest BCUT2D eigenvalue weighted by Crippen LogP contribution is 2.21. The summed E-state index contributed by atoms with van der Waals surface area (Å²) in [5, 5.41) is 6.56. The summed E-state index contributed by atoms with van der Waals surface area (Å²) in [6, 6.07) is 20.1. The molecule has 118 valence electrons. The number of anilines is 3. The summed E-state index contributed by atoms with van der Waals surface area (Å²) in [6.07, 6.45) is 1.52. The minimum absolute atomic E-state index is 0.624. The minimum Gasteiger partial charge on any atom is -0.364 e. The number of nitrogens with one attached hydrogen (secondary N) is 3. The summed E-state index contributed by atoms with van der Waals surface area (Å²) in [5.74, 6) is 1.37. The normalized spacial score (nSPS) is 10.7. The highest BCUT2D eigenvalue weighted by Gasteiger charge is 2.09. The van der Waals surface area contributed by atoms with E-state index in [-0.39, 0.29) is 0 Å². The van der Waals surface area contributed by atoms with Gasteiger partial charge in [-0.2, -0.15) is 4.98 Å². The number of H-pyrrole nitrogens is 1. The zero-order valence-electron chi connectivity index (χ0n) is 12.9. The molecular weight excluding hydrogens is 300 g/mol. The van der Waals surface area contributed by atoms with E-state index in [1.54, 1.807) is 0 Å². The number of rotatable bonds is 5. The summed E-state index contributed by atoms with van der Waals surface area (Å²) < 4.78 is 0. The van der Waals surface area contributed by atoms with Crippen LogP contribution in [-0.2, 0) is 6.54 Å². The number of benzene rings is 2. The number of aromatic amines is 1. The second-order valence-electron chi connectivity index (χ2n) is 5.34. The van der Waals surface area contributed by atoms with Crippen LogP contribution in [0.2, 0.25) is 0 Å². The van der Waals surface area contributed by atoms with Gasteiger partial charge < -0.3 is 15.6 Å². The van der Waals surface area contributed by atoms with E-state index in [1.807, 2.05) is 48.5 Å². The van der Waals surface area contributed by atoms with Gasteiger partial charge in [-0.1, -0.05) is 48.5 Å². The van der Waals surface area contributed by atoms with Gasteiger partial charge >= 0.3 is 0 Å². The van der Waals surface area contributed by atoms with Crippen molar-refractivity contribution in [2.75, 3.05) is 10.6 Å². The van der Waals surface area contributed by atoms with E-state index in [2.05, 4.69) is 42.7 Å². The van der Waals surface area contributed by atoms with Crippen LogP contribution in [-0.4, -0.2) is 19.9 Å². The molecule has 0 aliphatic rings. The van der Waals surface area contributed by atoms with Crippen molar-refractivity contribution in [1.82, 2.24) is 19.9 Å². The fraction of sp³-hybridized carbons (Fsp3) is 0.0556. The lowest BCUT2D eigenvalue weighted by Gasteiger charge is -2.05. The Labute approximate surface area is 139 Å². The maximum absolute atomic E-state index is 4.47. The Morgan fingerprint density at radius 2 is 1.62 bits per heavy atom. The van der Waals surface area contributed by atoms with Gasteiger partial charge in [0.15, 0.2) is 11.5 Å². The maximum Gasteiger partial charge on any atom is 0.207 e. The molecule has 0 atom stereocenters. The molecule has 0 saturated carbocycles. The van der Waals surface area contributed by atoms with Gasteiger partial charge in [0.05, 0.1) is 0 Å². The summed E-state index contributed by atoms with van der Waals surface area (Å²) >= 11 is 0. The van der Waals surface area contributed by atoms with Crippen molar-refractivity contribution in [2.24, 2.45) is 0 Å². The number of hydrogen-bond donors (Lipinski definition) is 3. The Balaban J connectivity index is 1.58. The predicted octanol–water partition coefficient (Wildman–Crippen LogP) is 3.71. The lowest BCUT2D eigenvalue weighted by Crippen LogP contribution is -2.02. The van der Waals surface area contributed by atoms with Gasteiger partial charge in [0.1, 0.15) is 11.8 Å². The van der Waals surface area contributed by atoms with Crippen LogP contribution in [0.5, 0.6) is 0 Å². The average molecular weight is 316 g/mol. The van der Waals surface area contributed by atoms with Gasteiger partial charge in [-0.15, -0.1) is 0 Å². The number of hydrogen-bond acceptors (Lipinski definition) is 5. The number of imidazole rings is 1. The molecule has 2 heterocycles. The van der Waals surface area contributed by atoms with Crippen molar-refractivity contribution in [1.29, 1.82) is 0 Å². The Kier molecular flexibility index (Phi) is 3.77. The summed E-state index contributed by atoms with van der Waals surface area (Å²) in [5.41, 5.74) is 3.56. The minimum atomic E-state index is 0.624. The number of fused-ring (bicyclic) bond motifs is 1. The van der Waals surface area contributed by atoms with Gasteiger partial charge in [-0.3, -0.25) is 0 Å². The second-order valence-corrected chi connectivity index (χ2v) is 5.34. The molecule has 3 N–H and O–H groups in total. The summed E-state index contributed by atoms with van der Waals surface area (Å²) in [6.45, 7) is 0.688. The molecule has 0 aliphatic carbocycles. The topological polar surface area (TPSA) is 78.5 Å². The van der Waals surface area contributed by atoms with Gasteiger partial charge in [0.2, 0.25) is 5.95 Å². The number of para-hydroxylation sites is 1. The molecule has 0 unspecified atom stereocenters. The van der Waals surface area contributed by atoms with E-state index in [4.69, 9.17) is 0 Å². The van der Waals surface area contributed by atoms with Crippen LogP contribution < -0.4 is 10.6 Å². The van der Waals surface area contributed by atoms with Crippen LogP contribution in [0.1, 0.15) is 5.56 Å². The maximum atomic E-state index is 4.47. The zero-order chi connectivity index (χ0) is 16.2. The van der Waals surface area contributed by atoms with Gasteiger partial charge in [0.25, 0.3) is 0 Å². The van der Waals surface area contributed by atoms with Crippen LogP contribution >= 0.6 is 0 Å². The van der Waals surface area contributed by atoms with E-state index in [0.717, 1.165) is 17.0 Å². The smallest absolute Gasteiger partial charge is 0.207 e. The molecule has 2 aromatic carbocycles. The Morgan fingerprint density at radius 1 is 0.875 bits per heavy atom. The van der Waals surface area contributed by atoms with Gasteiger partial charge in [-0.25, -0.2) is 9.97 Å². The first-order chi connectivity index (χ1) is 11.9. The van der Waals surface area contributed by atoms with E-state index in [1.165, 1.54) is 11.9 Å². The Hall–Kier alpha value is -3.41. The molecule has 0 saturated heterocycles. The molecular formula is C18H16N6. The van der Waals surface area contributed by atoms with Crippen molar-refractivity contribution >= 4 is 28.6 Å². The molecule has 0 aliphatic heterocycles. The number of aromatic nitrogens is 4. The van der Waals surface area contributed by atoms with Gasteiger partial charge in [0, 0.05) is 12.2 Å². The molecule has 6 nitrogen and oxygen atoms in total. The fourth-order valence-electron chi connectivity index (χ4n) is 2.46. The quantitative estimate of drug-likeness (QED) is 0.523. The molecule has 4 aromatic rings. The zero-order valence-corrected chi connectivity index (χ0v) is 12.9. The fourth-order valence-corrected chi connectivity index (χ4v) is 2.46. The third-order valence-electron chi connectivity index (χ3n) is 3.63. The van der Waals surface area contributed by atoms with Crippen LogP contribution in [0.3, 0.4) is 0 Å². The number of nitrogens with zero attached hydrogens (tertiary/aromatic N) is 3. The Morgan fingerprint density at radius 3 is 2.42 bits per heavy atom. The van der Waals surface area contributed by atoms with Crippen LogP contribution in [0.15, 0.2) is 67.0 Å². The molecule has 2 aromatic heterocycles. The van der Waals surface area contributed by atoms with Crippen molar-refractivity contribution in [2.45, 2.75) is 6.54 Å². The molecule has 0 fully saturated rings. The first-order valence-electron chi connectivity index (χ1n) is 7.69. The highest BCUT2D eigenvalue weighted by molar-refractivity contribution is 5.84. The lowest BCUT2D eigenvalue weighted by molar-refractivity contribution is 1.10. The van der Waals surface area contributed by atoms with E-state index < -0.39 is 0 Å². The second kappa shape index (κ2) is 6.37. The van der Waals surface area contributed by atoms with Crippen LogP contribution in [0, 0.1) is 0 Å².